The zero-order chi connectivity index (χ0) is 17.1. The van der Waals surface area contributed by atoms with Crippen LogP contribution in [0.1, 0.15) is 5.82 Å². The molecule has 24 heavy (non-hydrogen) atoms. The Kier molecular flexibility index (Phi) is 4.82. The number of rotatable bonds is 6. The van der Waals surface area contributed by atoms with E-state index >= 15 is 0 Å². The second-order valence-corrected chi connectivity index (χ2v) is 5.99. The Bertz CT molecular complexity index is 888. The summed E-state index contributed by atoms with van der Waals surface area (Å²) in [6.07, 6.45) is 1.52. The van der Waals surface area contributed by atoms with E-state index in [9.17, 15) is 4.79 Å². The van der Waals surface area contributed by atoms with E-state index in [0.717, 1.165) is 5.75 Å². The van der Waals surface area contributed by atoms with E-state index in [1.165, 1.54) is 6.20 Å². The molecular weight excluding hydrogens is 330 g/mol. The van der Waals surface area contributed by atoms with Crippen LogP contribution in [-0.2, 0) is 13.6 Å². The number of aryl methyl sites for hydroxylation is 1. The van der Waals surface area contributed by atoms with Gasteiger partial charge < -0.3 is 9.72 Å². The molecule has 1 N–H and O–H groups in total. The van der Waals surface area contributed by atoms with E-state index in [1.807, 2.05) is 24.1 Å². The van der Waals surface area contributed by atoms with Crippen molar-refractivity contribution in [3.63, 3.8) is 0 Å². The van der Waals surface area contributed by atoms with Crippen molar-refractivity contribution in [3.8, 4) is 5.75 Å². The van der Waals surface area contributed by atoms with E-state index in [1.54, 1.807) is 23.9 Å². The van der Waals surface area contributed by atoms with Crippen LogP contribution in [0.5, 0.6) is 5.75 Å². The molecule has 0 radical (unpaired) electrons. The van der Waals surface area contributed by atoms with Gasteiger partial charge in [-0.25, -0.2) is 4.98 Å². The molecule has 2 aromatic heterocycles. The summed E-state index contributed by atoms with van der Waals surface area (Å²) in [4.78, 5) is 21.3. The lowest BCUT2D eigenvalue weighted by Gasteiger charge is -2.16. The second kappa shape index (κ2) is 7.02. The maximum absolute atomic E-state index is 12.0. The third-order valence-corrected chi connectivity index (χ3v) is 3.88. The van der Waals surface area contributed by atoms with Gasteiger partial charge in [0.1, 0.15) is 23.6 Å². The molecule has 0 atom stereocenters. The second-order valence-electron chi connectivity index (χ2n) is 5.56. The van der Waals surface area contributed by atoms with Crippen LogP contribution in [0.15, 0.2) is 35.3 Å². The Morgan fingerprint density at radius 2 is 2.08 bits per heavy atom. The topological polar surface area (TPSA) is 76.0 Å². The van der Waals surface area contributed by atoms with E-state index in [-0.39, 0.29) is 5.56 Å². The van der Waals surface area contributed by atoms with Gasteiger partial charge in [0.15, 0.2) is 5.65 Å². The third kappa shape index (κ3) is 3.74. The van der Waals surface area contributed by atoms with E-state index in [2.05, 4.69) is 15.1 Å². The molecule has 0 aliphatic carbocycles. The molecular formula is C16H18ClN5O2. The number of H-pyrrole nitrogens is 1. The number of aromatic amines is 1. The average Bonchev–Trinajstić information content (AvgIpc) is 2.91. The quantitative estimate of drug-likeness (QED) is 0.736. The molecule has 0 aliphatic heterocycles. The van der Waals surface area contributed by atoms with Crippen LogP contribution in [0, 0.1) is 0 Å². The van der Waals surface area contributed by atoms with Crippen molar-refractivity contribution in [3.05, 3.63) is 51.7 Å². The number of nitrogens with zero attached hydrogens (tertiary/aromatic N) is 4. The van der Waals surface area contributed by atoms with Crippen molar-refractivity contribution in [2.75, 3.05) is 20.2 Å². The van der Waals surface area contributed by atoms with Gasteiger partial charge in [-0.3, -0.25) is 14.4 Å². The molecule has 0 aliphatic rings. The number of nitrogens with one attached hydrogen (secondary N) is 1. The summed E-state index contributed by atoms with van der Waals surface area (Å²) < 4.78 is 7.26. The molecule has 8 heteroatoms. The first-order valence-electron chi connectivity index (χ1n) is 7.51. The zero-order valence-electron chi connectivity index (χ0n) is 13.5. The molecule has 0 spiro atoms. The van der Waals surface area contributed by atoms with Crippen molar-refractivity contribution in [1.82, 2.24) is 24.6 Å². The van der Waals surface area contributed by atoms with E-state index < -0.39 is 0 Å². The maximum atomic E-state index is 12.0. The van der Waals surface area contributed by atoms with Crippen LogP contribution >= 0.6 is 11.6 Å². The number of benzene rings is 1. The summed E-state index contributed by atoms with van der Waals surface area (Å²) in [6, 6.07) is 7.24. The Labute approximate surface area is 143 Å². The Hall–Kier alpha value is -2.38. The highest BCUT2D eigenvalue weighted by Crippen LogP contribution is 2.15. The van der Waals surface area contributed by atoms with Gasteiger partial charge in [0.05, 0.1) is 12.7 Å². The van der Waals surface area contributed by atoms with Gasteiger partial charge in [-0.2, -0.15) is 5.10 Å². The summed E-state index contributed by atoms with van der Waals surface area (Å²) in [5.41, 5.74) is 0.411. The summed E-state index contributed by atoms with van der Waals surface area (Å²) >= 11 is 5.84. The molecule has 0 saturated carbocycles. The van der Waals surface area contributed by atoms with E-state index in [0.29, 0.717) is 41.6 Å². The molecule has 0 amide bonds. The highest BCUT2D eigenvalue weighted by Gasteiger charge is 2.09. The lowest BCUT2D eigenvalue weighted by atomic mass is 10.3. The van der Waals surface area contributed by atoms with Crippen LogP contribution in [-0.4, -0.2) is 44.8 Å². The molecule has 7 nitrogen and oxygen atoms in total. The molecule has 0 bridgehead atoms. The monoisotopic (exact) mass is 347 g/mol. The van der Waals surface area contributed by atoms with Crippen LogP contribution in [0.4, 0.5) is 0 Å². The van der Waals surface area contributed by atoms with Crippen LogP contribution in [0.3, 0.4) is 0 Å². The molecule has 2 heterocycles. The maximum Gasteiger partial charge on any atom is 0.262 e. The van der Waals surface area contributed by atoms with Gasteiger partial charge in [0, 0.05) is 18.6 Å². The highest BCUT2D eigenvalue weighted by atomic mass is 35.5. The molecule has 126 valence electrons. The Morgan fingerprint density at radius 3 is 2.83 bits per heavy atom. The minimum absolute atomic E-state index is 0.172. The minimum Gasteiger partial charge on any atom is -0.492 e. The van der Waals surface area contributed by atoms with Crippen LogP contribution in [0.25, 0.3) is 11.0 Å². The number of likely N-dealkylation sites (N-methyl/N-ethyl adjacent to an activating group) is 1. The number of halogens is 1. The first-order valence-corrected chi connectivity index (χ1v) is 7.88. The van der Waals surface area contributed by atoms with Gasteiger partial charge in [-0.05, 0) is 31.3 Å². The van der Waals surface area contributed by atoms with Gasteiger partial charge in [-0.15, -0.1) is 0 Å². The Balaban J connectivity index is 1.58. The number of hydrogen-bond acceptors (Lipinski definition) is 5. The lowest BCUT2D eigenvalue weighted by molar-refractivity contribution is 0.230. The minimum atomic E-state index is -0.172. The predicted molar refractivity (Wildman–Crippen MR) is 92.4 cm³/mol. The van der Waals surface area contributed by atoms with E-state index in [4.69, 9.17) is 16.3 Å². The molecule has 3 rings (SSSR count). The molecule has 0 saturated heterocycles. The van der Waals surface area contributed by atoms with Crippen LogP contribution in [0.2, 0.25) is 5.02 Å². The Morgan fingerprint density at radius 1 is 1.33 bits per heavy atom. The predicted octanol–water partition coefficient (Wildman–Crippen LogP) is 1.82. The smallest absolute Gasteiger partial charge is 0.262 e. The van der Waals surface area contributed by atoms with Gasteiger partial charge in [0.2, 0.25) is 0 Å². The summed E-state index contributed by atoms with van der Waals surface area (Å²) in [7, 11) is 3.71. The highest BCUT2D eigenvalue weighted by molar-refractivity contribution is 6.30. The van der Waals surface area contributed by atoms with Gasteiger partial charge in [0.25, 0.3) is 5.56 Å². The zero-order valence-corrected chi connectivity index (χ0v) is 14.2. The van der Waals surface area contributed by atoms with Crippen molar-refractivity contribution < 1.29 is 4.74 Å². The average molecular weight is 348 g/mol. The number of fused-ring (bicyclic) bond motifs is 1. The largest absolute Gasteiger partial charge is 0.492 e. The summed E-state index contributed by atoms with van der Waals surface area (Å²) in [5.74, 6) is 1.38. The van der Waals surface area contributed by atoms with Crippen LogP contribution < -0.4 is 10.3 Å². The first kappa shape index (κ1) is 16.5. The van der Waals surface area contributed by atoms with Gasteiger partial charge in [-0.1, -0.05) is 11.6 Å². The molecule has 0 fully saturated rings. The first-order chi connectivity index (χ1) is 11.5. The summed E-state index contributed by atoms with van der Waals surface area (Å²) in [5, 5.41) is 5.23. The van der Waals surface area contributed by atoms with Crippen molar-refractivity contribution in [1.29, 1.82) is 0 Å². The fourth-order valence-electron chi connectivity index (χ4n) is 2.34. The third-order valence-electron chi connectivity index (χ3n) is 3.63. The number of aromatic nitrogens is 4. The molecule has 1 aromatic carbocycles. The molecule has 0 unspecified atom stereocenters. The standard InChI is InChI=1S/C16H18ClN5O2/c1-21(7-8-24-12-5-3-11(17)4-6-12)10-14-19-15-13(16(23)20-14)9-18-22(15)2/h3-6,9H,7-8,10H2,1-2H3,(H,19,20,23). The fraction of sp³-hybridized carbons (Fsp3) is 0.312. The van der Waals surface area contributed by atoms with Gasteiger partial charge >= 0.3 is 0 Å². The van der Waals surface area contributed by atoms with Crippen molar-refractivity contribution >= 4 is 22.6 Å². The SMILES string of the molecule is CN(CCOc1ccc(Cl)cc1)Cc1nc2c(cnn2C)c(=O)[nH]1. The van der Waals surface area contributed by atoms with Crippen molar-refractivity contribution in [2.24, 2.45) is 7.05 Å². The number of ether oxygens (including phenoxy) is 1. The lowest BCUT2D eigenvalue weighted by Crippen LogP contribution is -2.26. The fourth-order valence-corrected chi connectivity index (χ4v) is 2.46. The normalized spacial score (nSPS) is 11.3. The molecule has 3 aromatic rings. The van der Waals surface area contributed by atoms with Crippen molar-refractivity contribution in [2.45, 2.75) is 6.54 Å². The number of hydrogen-bond donors (Lipinski definition) is 1. The summed E-state index contributed by atoms with van der Waals surface area (Å²) in [6.45, 7) is 1.73.